The molecule has 1 heterocycles. The monoisotopic (exact) mass is 387 g/mol. The molecule has 0 spiro atoms. The van der Waals surface area contributed by atoms with Crippen LogP contribution < -0.4 is 10.6 Å². The first-order chi connectivity index (χ1) is 12.1. The predicted octanol–water partition coefficient (Wildman–Crippen LogP) is 0.355. The lowest BCUT2D eigenvalue weighted by molar-refractivity contribution is -0.134. The van der Waals surface area contributed by atoms with Crippen LogP contribution in [0.15, 0.2) is 40.2 Å². The number of amidine groups is 1. The van der Waals surface area contributed by atoms with E-state index >= 15 is 0 Å². The van der Waals surface area contributed by atoms with Gasteiger partial charge in [-0.15, -0.1) is 0 Å². The van der Waals surface area contributed by atoms with E-state index in [-0.39, 0.29) is 10.6 Å². The Morgan fingerprint density at radius 3 is 2.38 bits per heavy atom. The average Bonchev–Trinajstić information content (AvgIpc) is 3.03. The SMILES string of the molecule is CS(=O)(=O)c1c(F)cccc1NCC1=NCCN1.O=C(O)C=CC(=O)O. The van der Waals surface area contributed by atoms with Gasteiger partial charge < -0.3 is 20.8 Å². The molecule has 4 N–H and O–H groups in total. The number of nitrogens with zero attached hydrogens (tertiary/aromatic N) is 1. The molecule has 0 aliphatic carbocycles. The van der Waals surface area contributed by atoms with Gasteiger partial charge in [-0.2, -0.15) is 0 Å². The largest absolute Gasteiger partial charge is 0.478 e. The number of carboxylic acid groups (broad SMARTS) is 2. The number of sulfone groups is 1. The molecule has 0 saturated carbocycles. The van der Waals surface area contributed by atoms with Crippen molar-refractivity contribution in [1.29, 1.82) is 0 Å². The molecular formula is C15H18FN3O6S. The van der Waals surface area contributed by atoms with E-state index in [4.69, 9.17) is 10.2 Å². The van der Waals surface area contributed by atoms with E-state index in [1.54, 1.807) is 0 Å². The summed E-state index contributed by atoms with van der Waals surface area (Å²) >= 11 is 0. The summed E-state index contributed by atoms with van der Waals surface area (Å²) in [7, 11) is -3.61. The molecule has 1 aromatic rings. The molecule has 0 saturated heterocycles. The molecule has 9 nitrogen and oxygen atoms in total. The molecule has 1 aliphatic rings. The van der Waals surface area contributed by atoms with Crippen LogP contribution in [0.2, 0.25) is 0 Å². The number of hydrogen-bond acceptors (Lipinski definition) is 7. The number of rotatable bonds is 6. The molecule has 0 fully saturated rings. The summed E-state index contributed by atoms with van der Waals surface area (Å²) in [5, 5.41) is 21.6. The van der Waals surface area contributed by atoms with Crippen LogP contribution in [0.1, 0.15) is 0 Å². The zero-order valence-electron chi connectivity index (χ0n) is 13.8. The smallest absolute Gasteiger partial charge is 0.328 e. The fourth-order valence-electron chi connectivity index (χ4n) is 1.91. The van der Waals surface area contributed by atoms with Crippen LogP contribution in [0.3, 0.4) is 0 Å². The minimum Gasteiger partial charge on any atom is -0.478 e. The van der Waals surface area contributed by atoms with Crippen molar-refractivity contribution in [3.8, 4) is 0 Å². The second-order valence-corrected chi connectivity index (χ2v) is 6.96. The third-order valence-electron chi connectivity index (χ3n) is 2.90. The fraction of sp³-hybridized carbons (Fsp3) is 0.267. The van der Waals surface area contributed by atoms with E-state index in [1.807, 2.05) is 0 Å². The molecule has 0 bridgehead atoms. The van der Waals surface area contributed by atoms with E-state index in [2.05, 4.69) is 15.6 Å². The normalized spacial score (nSPS) is 13.4. The molecule has 0 radical (unpaired) electrons. The van der Waals surface area contributed by atoms with Crippen LogP contribution in [-0.4, -0.2) is 62.3 Å². The van der Waals surface area contributed by atoms with Gasteiger partial charge in [0.15, 0.2) is 9.84 Å². The first-order valence-corrected chi connectivity index (χ1v) is 9.14. The summed E-state index contributed by atoms with van der Waals surface area (Å²) in [5.74, 6) is -2.51. The van der Waals surface area contributed by atoms with Gasteiger partial charge in [0.25, 0.3) is 0 Å². The maximum Gasteiger partial charge on any atom is 0.328 e. The van der Waals surface area contributed by atoms with Crippen molar-refractivity contribution in [1.82, 2.24) is 5.32 Å². The van der Waals surface area contributed by atoms with Crippen LogP contribution in [-0.2, 0) is 19.4 Å². The molecule has 0 amide bonds. The standard InChI is InChI=1S/C11H14FN3O2S.C4H4O4/c1-18(16,17)11-8(12)3-2-4-9(11)15-7-10-13-5-6-14-10;5-3(6)1-2-4(7)8/h2-4,15H,5-7H2,1H3,(H,13,14);1-2H,(H,5,6)(H,7,8). The number of anilines is 1. The van der Waals surface area contributed by atoms with E-state index in [0.29, 0.717) is 25.2 Å². The number of aliphatic imine (C=N–C) groups is 1. The summed E-state index contributed by atoms with van der Waals surface area (Å²) in [4.78, 5) is 23.0. The van der Waals surface area contributed by atoms with Crippen LogP contribution >= 0.6 is 0 Å². The lowest BCUT2D eigenvalue weighted by Crippen LogP contribution is -2.26. The molecule has 142 valence electrons. The van der Waals surface area contributed by atoms with Crippen molar-refractivity contribution in [2.24, 2.45) is 4.99 Å². The molecule has 0 unspecified atom stereocenters. The van der Waals surface area contributed by atoms with E-state index < -0.39 is 27.6 Å². The second-order valence-electron chi connectivity index (χ2n) is 5.01. The summed E-state index contributed by atoms with van der Waals surface area (Å²) in [5.41, 5.74) is 0.258. The molecule has 11 heteroatoms. The summed E-state index contributed by atoms with van der Waals surface area (Å²) in [6.07, 6.45) is 2.10. The third-order valence-corrected chi connectivity index (χ3v) is 4.05. The van der Waals surface area contributed by atoms with Crippen molar-refractivity contribution in [3.63, 3.8) is 0 Å². The van der Waals surface area contributed by atoms with Crippen molar-refractivity contribution >= 4 is 33.3 Å². The number of benzene rings is 1. The van der Waals surface area contributed by atoms with Crippen molar-refractivity contribution in [3.05, 3.63) is 36.2 Å². The van der Waals surface area contributed by atoms with E-state index in [1.165, 1.54) is 12.1 Å². The number of halogens is 1. The van der Waals surface area contributed by atoms with Crippen LogP contribution in [0, 0.1) is 5.82 Å². The Kier molecular flexibility index (Phi) is 7.72. The Balaban J connectivity index is 0.000000359. The van der Waals surface area contributed by atoms with Gasteiger partial charge in [0.2, 0.25) is 0 Å². The molecular weight excluding hydrogens is 369 g/mol. The average molecular weight is 387 g/mol. The fourth-order valence-corrected chi connectivity index (χ4v) is 2.87. The summed E-state index contributed by atoms with van der Waals surface area (Å²) in [6.45, 7) is 1.84. The number of carbonyl (C=O) groups is 2. The van der Waals surface area contributed by atoms with E-state index in [0.717, 1.165) is 24.7 Å². The maximum atomic E-state index is 13.6. The van der Waals surface area contributed by atoms with Gasteiger partial charge in [-0.05, 0) is 12.1 Å². The zero-order valence-corrected chi connectivity index (χ0v) is 14.6. The number of carboxylic acids is 2. The Hall–Kier alpha value is -2.95. The van der Waals surface area contributed by atoms with Gasteiger partial charge in [-0.3, -0.25) is 4.99 Å². The lowest BCUT2D eigenvalue weighted by Gasteiger charge is -2.11. The van der Waals surface area contributed by atoms with E-state index in [9.17, 15) is 22.4 Å². The van der Waals surface area contributed by atoms with Crippen LogP contribution in [0.4, 0.5) is 10.1 Å². The zero-order chi connectivity index (χ0) is 19.7. The molecule has 2 rings (SSSR count). The highest BCUT2D eigenvalue weighted by atomic mass is 32.2. The highest BCUT2D eigenvalue weighted by Gasteiger charge is 2.18. The molecule has 0 atom stereocenters. The first kappa shape index (κ1) is 21.1. The first-order valence-electron chi connectivity index (χ1n) is 7.25. The van der Waals surface area contributed by atoms with Gasteiger partial charge >= 0.3 is 11.9 Å². The minimum absolute atomic E-state index is 0.258. The minimum atomic E-state index is -3.61. The van der Waals surface area contributed by atoms with Gasteiger partial charge in [-0.1, -0.05) is 6.07 Å². The van der Waals surface area contributed by atoms with Crippen LogP contribution in [0.25, 0.3) is 0 Å². The van der Waals surface area contributed by atoms with Crippen molar-refractivity contribution in [2.75, 3.05) is 31.2 Å². The third kappa shape index (κ3) is 7.30. The number of hydrogen-bond donors (Lipinski definition) is 4. The summed E-state index contributed by atoms with van der Waals surface area (Å²) in [6, 6.07) is 4.14. The van der Waals surface area contributed by atoms with Gasteiger partial charge in [-0.25, -0.2) is 22.4 Å². The topological polar surface area (TPSA) is 145 Å². The quantitative estimate of drug-likeness (QED) is 0.512. The number of nitrogens with one attached hydrogen (secondary N) is 2. The Labute approximate surface area is 149 Å². The van der Waals surface area contributed by atoms with Gasteiger partial charge in [0.1, 0.15) is 16.5 Å². The Morgan fingerprint density at radius 2 is 1.92 bits per heavy atom. The molecule has 26 heavy (non-hydrogen) atoms. The highest BCUT2D eigenvalue weighted by molar-refractivity contribution is 7.90. The lowest BCUT2D eigenvalue weighted by atomic mass is 10.3. The second kappa shape index (κ2) is 9.51. The van der Waals surface area contributed by atoms with Crippen molar-refractivity contribution in [2.45, 2.75) is 4.90 Å². The molecule has 0 aromatic heterocycles. The molecule has 1 aliphatic heterocycles. The predicted molar refractivity (Wildman–Crippen MR) is 92.7 cm³/mol. The Morgan fingerprint density at radius 1 is 1.31 bits per heavy atom. The van der Waals surface area contributed by atoms with Gasteiger partial charge in [0.05, 0.1) is 18.8 Å². The van der Waals surface area contributed by atoms with Crippen molar-refractivity contribution < 1.29 is 32.6 Å². The number of aliphatic carboxylic acids is 2. The highest BCUT2D eigenvalue weighted by Crippen LogP contribution is 2.24. The summed E-state index contributed by atoms with van der Waals surface area (Å²) < 4.78 is 36.7. The maximum absolute atomic E-state index is 13.6. The molecule has 1 aromatic carbocycles. The Bertz CT molecular complexity index is 820. The van der Waals surface area contributed by atoms with Crippen LogP contribution in [0.5, 0.6) is 0 Å². The van der Waals surface area contributed by atoms with Gasteiger partial charge in [0, 0.05) is 25.0 Å².